The number of aromatic nitrogens is 1. The molecule has 2 N–H and O–H groups in total. The molecule has 0 fully saturated rings. The van der Waals surface area contributed by atoms with Crippen molar-refractivity contribution in [1.29, 1.82) is 0 Å². The number of carbonyl (C=O) groups is 1. The van der Waals surface area contributed by atoms with Crippen LogP contribution >= 0.6 is 0 Å². The number of amides is 1. The zero-order valence-corrected chi connectivity index (χ0v) is 9.97. The van der Waals surface area contributed by atoms with Gasteiger partial charge in [0.2, 0.25) is 0 Å². The molecule has 0 saturated carbocycles. The lowest BCUT2D eigenvalue weighted by molar-refractivity contribution is 0.0906. The summed E-state index contributed by atoms with van der Waals surface area (Å²) in [6.07, 6.45) is 3.43. The summed E-state index contributed by atoms with van der Waals surface area (Å²) in [5.74, 6) is -0.0661. The molecule has 1 atom stereocenters. The molecule has 18 heavy (non-hydrogen) atoms. The van der Waals surface area contributed by atoms with Gasteiger partial charge in [0.25, 0.3) is 5.91 Å². The average molecular weight is 239 g/mol. The minimum atomic E-state index is -0.603. The lowest BCUT2D eigenvalue weighted by Gasteiger charge is -2.37. The molecule has 1 amide bonds. The van der Waals surface area contributed by atoms with Crippen LogP contribution < -0.4 is 10.6 Å². The van der Waals surface area contributed by atoms with E-state index in [-0.39, 0.29) is 5.91 Å². The van der Waals surface area contributed by atoms with Crippen LogP contribution in [-0.2, 0) is 5.66 Å². The molecule has 2 heterocycles. The number of hydrogen-bond acceptors (Lipinski definition) is 3. The standard InChI is InChI=1S/C14H13N3O/c1-14(10-6-8-15-9-7-10)16-12-5-3-2-4-11(12)13(18)17-14/h2-9,16H,1H3,(H,17,18). The Hall–Kier alpha value is -2.36. The van der Waals surface area contributed by atoms with Gasteiger partial charge in [-0.3, -0.25) is 9.78 Å². The van der Waals surface area contributed by atoms with Gasteiger partial charge in [0.05, 0.1) is 5.56 Å². The molecule has 3 rings (SSSR count). The Bertz CT molecular complexity index is 597. The van der Waals surface area contributed by atoms with E-state index in [1.807, 2.05) is 43.3 Å². The highest BCUT2D eigenvalue weighted by atomic mass is 16.2. The van der Waals surface area contributed by atoms with Crippen LogP contribution in [0.25, 0.3) is 0 Å². The minimum absolute atomic E-state index is 0.0661. The van der Waals surface area contributed by atoms with Gasteiger partial charge in [0, 0.05) is 23.6 Å². The van der Waals surface area contributed by atoms with E-state index < -0.39 is 5.66 Å². The zero-order valence-electron chi connectivity index (χ0n) is 9.97. The largest absolute Gasteiger partial charge is 0.359 e. The van der Waals surface area contributed by atoms with E-state index in [1.165, 1.54) is 0 Å². The molecule has 0 saturated heterocycles. The first kappa shape index (κ1) is 10.8. The second kappa shape index (κ2) is 3.84. The molecule has 0 radical (unpaired) electrons. The Morgan fingerprint density at radius 2 is 1.78 bits per heavy atom. The maximum atomic E-state index is 12.1. The predicted molar refractivity (Wildman–Crippen MR) is 69.1 cm³/mol. The number of benzene rings is 1. The van der Waals surface area contributed by atoms with Gasteiger partial charge >= 0.3 is 0 Å². The lowest BCUT2D eigenvalue weighted by atomic mass is 9.97. The van der Waals surface area contributed by atoms with Crippen molar-refractivity contribution in [2.24, 2.45) is 0 Å². The topological polar surface area (TPSA) is 54.0 Å². The van der Waals surface area contributed by atoms with E-state index in [2.05, 4.69) is 15.6 Å². The Labute approximate surface area is 105 Å². The van der Waals surface area contributed by atoms with Crippen LogP contribution in [-0.4, -0.2) is 10.9 Å². The van der Waals surface area contributed by atoms with Gasteiger partial charge < -0.3 is 10.6 Å². The third-order valence-corrected chi connectivity index (χ3v) is 3.18. The molecule has 90 valence electrons. The molecular formula is C14H13N3O. The Kier molecular flexibility index (Phi) is 2.30. The second-order valence-electron chi connectivity index (χ2n) is 4.49. The quantitative estimate of drug-likeness (QED) is 0.801. The van der Waals surface area contributed by atoms with Crippen LogP contribution in [0.2, 0.25) is 0 Å². The van der Waals surface area contributed by atoms with Crippen LogP contribution in [0.15, 0.2) is 48.8 Å². The summed E-state index contributed by atoms with van der Waals surface area (Å²) in [5, 5.41) is 6.35. The van der Waals surface area contributed by atoms with E-state index in [4.69, 9.17) is 0 Å². The molecule has 1 aromatic carbocycles. The Balaban J connectivity index is 2.06. The molecule has 1 aromatic heterocycles. The summed E-state index contributed by atoms with van der Waals surface area (Å²) in [7, 11) is 0. The molecule has 4 nitrogen and oxygen atoms in total. The third-order valence-electron chi connectivity index (χ3n) is 3.18. The monoisotopic (exact) mass is 239 g/mol. The van der Waals surface area contributed by atoms with E-state index >= 15 is 0 Å². The molecule has 4 heteroatoms. The number of hydrogen-bond donors (Lipinski definition) is 2. The van der Waals surface area contributed by atoms with Gasteiger partial charge in [0.1, 0.15) is 5.66 Å². The van der Waals surface area contributed by atoms with Gasteiger partial charge in [-0.25, -0.2) is 0 Å². The van der Waals surface area contributed by atoms with Crippen LogP contribution in [0.1, 0.15) is 22.8 Å². The molecule has 2 aromatic rings. The maximum absolute atomic E-state index is 12.1. The van der Waals surface area contributed by atoms with Crippen LogP contribution in [0.3, 0.4) is 0 Å². The highest BCUT2D eigenvalue weighted by molar-refractivity contribution is 6.02. The van der Waals surface area contributed by atoms with Crippen molar-refractivity contribution in [2.45, 2.75) is 12.6 Å². The number of carbonyl (C=O) groups excluding carboxylic acids is 1. The minimum Gasteiger partial charge on any atom is -0.359 e. The van der Waals surface area contributed by atoms with Gasteiger partial charge in [-0.1, -0.05) is 12.1 Å². The first-order valence-electron chi connectivity index (χ1n) is 5.79. The lowest BCUT2D eigenvalue weighted by Crippen LogP contribution is -2.52. The van der Waals surface area contributed by atoms with Gasteiger partial charge in [-0.15, -0.1) is 0 Å². The summed E-state index contributed by atoms with van der Waals surface area (Å²) in [4.78, 5) is 16.1. The van der Waals surface area contributed by atoms with Crippen molar-refractivity contribution in [2.75, 3.05) is 5.32 Å². The van der Waals surface area contributed by atoms with Crippen molar-refractivity contribution >= 4 is 11.6 Å². The van der Waals surface area contributed by atoms with Crippen molar-refractivity contribution in [1.82, 2.24) is 10.3 Å². The van der Waals surface area contributed by atoms with E-state index in [0.717, 1.165) is 11.3 Å². The normalized spacial score (nSPS) is 21.7. The fraction of sp³-hybridized carbons (Fsp3) is 0.143. The second-order valence-corrected chi connectivity index (χ2v) is 4.49. The first-order chi connectivity index (χ1) is 8.69. The summed E-state index contributed by atoms with van der Waals surface area (Å²) in [5.41, 5.74) is 1.89. The van der Waals surface area contributed by atoms with E-state index in [9.17, 15) is 4.79 Å². The number of fused-ring (bicyclic) bond motifs is 1. The number of pyridine rings is 1. The number of nitrogens with zero attached hydrogens (tertiary/aromatic N) is 1. The molecular weight excluding hydrogens is 226 g/mol. The highest BCUT2D eigenvalue weighted by Gasteiger charge is 2.34. The Morgan fingerprint density at radius 1 is 1.06 bits per heavy atom. The molecule has 1 unspecified atom stereocenters. The van der Waals surface area contributed by atoms with Crippen LogP contribution in [0.5, 0.6) is 0 Å². The molecule has 0 spiro atoms. The predicted octanol–water partition coefficient (Wildman–Crippen LogP) is 2.11. The smallest absolute Gasteiger partial charge is 0.255 e. The van der Waals surface area contributed by atoms with Crippen molar-refractivity contribution < 1.29 is 4.79 Å². The molecule has 0 bridgehead atoms. The van der Waals surface area contributed by atoms with Gasteiger partial charge in [-0.2, -0.15) is 0 Å². The Morgan fingerprint density at radius 3 is 2.56 bits per heavy atom. The first-order valence-corrected chi connectivity index (χ1v) is 5.79. The number of anilines is 1. The summed E-state index contributed by atoms with van der Waals surface area (Å²) < 4.78 is 0. The number of rotatable bonds is 1. The van der Waals surface area contributed by atoms with E-state index in [1.54, 1.807) is 12.4 Å². The maximum Gasteiger partial charge on any atom is 0.255 e. The van der Waals surface area contributed by atoms with Crippen LogP contribution in [0, 0.1) is 0 Å². The van der Waals surface area contributed by atoms with Crippen molar-refractivity contribution in [3.05, 3.63) is 59.9 Å². The molecule has 1 aliphatic rings. The zero-order chi connectivity index (χ0) is 12.6. The molecule has 1 aliphatic heterocycles. The fourth-order valence-corrected chi connectivity index (χ4v) is 2.21. The SMILES string of the molecule is CC1(c2ccncc2)NC(=O)c2ccccc2N1. The fourth-order valence-electron chi connectivity index (χ4n) is 2.21. The van der Waals surface area contributed by atoms with E-state index in [0.29, 0.717) is 5.56 Å². The summed E-state index contributed by atoms with van der Waals surface area (Å²) in [6.45, 7) is 1.94. The summed E-state index contributed by atoms with van der Waals surface area (Å²) >= 11 is 0. The number of para-hydroxylation sites is 1. The third kappa shape index (κ3) is 1.62. The van der Waals surface area contributed by atoms with Gasteiger partial charge in [0.15, 0.2) is 0 Å². The van der Waals surface area contributed by atoms with Crippen molar-refractivity contribution in [3.63, 3.8) is 0 Å². The molecule has 0 aliphatic carbocycles. The summed E-state index contributed by atoms with van der Waals surface area (Å²) in [6, 6.07) is 11.3. The van der Waals surface area contributed by atoms with Gasteiger partial charge in [-0.05, 0) is 31.2 Å². The van der Waals surface area contributed by atoms with Crippen LogP contribution in [0.4, 0.5) is 5.69 Å². The van der Waals surface area contributed by atoms with Crippen molar-refractivity contribution in [3.8, 4) is 0 Å². The highest BCUT2D eigenvalue weighted by Crippen LogP contribution is 2.30. The number of nitrogens with one attached hydrogen (secondary N) is 2. The average Bonchev–Trinajstić information content (AvgIpc) is 2.40.